The third-order valence-corrected chi connectivity index (χ3v) is 8.60. The van der Waals surface area contributed by atoms with Gasteiger partial charge < -0.3 is 34.6 Å². The summed E-state index contributed by atoms with van der Waals surface area (Å²) in [6, 6.07) is 10.2. The van der Waals surface area contributed by atoms with Crippen LogP contribution in [0, 0.1) is 0 Å². The summed E-state index contributed by atoms with van der Waals surface area (Å²) in [6.45, 7) is 2.43. The molecule has 0 radical (unpaired) electrons. The van der Waals surface area contributed by atoms with Crippen LogP contribution in [0.5, 0.6) is 5.75 Å². The molecule has 13 heteroatoms. The molecule has 2 fully saturated rings. The number of amides is 1. The molecule has 2 aromatic carbocycles. The van der Waals surface area contributed by atoms with Gasteiger partial charge in [-0.2, -0.15) is 4.67 Å². The smallest absolute Gasteiger partial charge is 0.462 e. The van der Waals surface area contributed by atoms with Crippen LogP contribution in [0.2, 0.25) is 0 Å². The Balaban J connectivity index is 1.75. The molecule has 2 aromatic rings. The predicted octanol–water partition coefficient (Wildman–Crippen LogP) is 1.31. The molecule has 0 spiro atoms. The van der Waals surface area contributed by atoms with Crippen LogP contribution >= 0.6 is 7.75 Å². The van der Waals surface area contributed by atoms with Crippen LogP contribution in [-0.2, 0) is 28.2 Å². The van der Waals surface area contributed by atoms with Crippen LogP contribution in [0.3, 0.4) is 0 Å². The number of benzene rings is 2. The van der Waals surface area contributed by atoms with Gasteiger partial charge in [0.1, 0.15) is 36.1 Å². The Bertz CT molecular complexity index is 1190. The van der Waals surface area contributed by atoms with Crippen molar-refractivity contribution in [2.75, 3.05) is 19.8 Å². The first-order chi connectivity index (χ1) is 18.2. The minimum Gasteiger partial charge on any atom is -0.465 e. The lowest BCUT2D eigenvalue weighted by Gasteiger charge is -2.44. The second kappa shape index (κ2) is 12.1. The number of carbonyl (C=O) groups is 2. The monoisotopic (exact) mass is 552 g/mol. The SMILES string of the molecule is CCOC(=O)C1CCCN1P(=O)(Oc1cccc2ccccc12)O[C@H]1[C@H](O)[C@@H](NC(C)=O)[C@@H](O)O[C@@H]1CO. The van der Waals surface area contributed by atoms with Crippen molar-refractivity contribution in [3.8, 4) is 5.75 Å². The van der Waals surface area contributed by atoms with Gasteiger partial charge in [-0.25, -0.2) is 4.57 Å². The zero-order valence-corrected chi connectivity index (χ0v) is 22.0. The molecule has 0 bridgehead atoms. The summed E-state index contributed by atoms with van der Waals surface area (Å²) in [7, 11) is -4.48. The van der Waals surface area contributed by atoms with Gasteiger partial charge in [0.15, 0.2) is 6.29 Å². The standard InChI is InChI=1S/C25H33N2O10P/c1-3-34-24(31)18-11-7-13-27(18)38(33,36-19-12-6-9-16-8-4-5-10-17(16)19)37-23-20(14-28)35-25(32)21(22(23)30)26-15(2)29/h4-6,8-10,12,18,20-23,25,28,30,32H,3,7,11,13-14H2,1-2H3,(H,26,29)/t18?,20-,21-,22-,23-,25+,38?/m1/s1. The molecule has 2 heterocycles. The highest BCUT2D eigenvalue weighted by molar-refractivity contribution is 7.51. The normalized spacial score (nSPS) is 29.5. The molecule has 2 aliphatic heterocycles. The van der Waals surface area contributed by atoms with Crippen molar-refractivity contribution in [1.29, 1.82) is 0 Å². The van der Waals surface area contributed by atoms with Crippen molar-refractivity contribution in [2.45, 2.75) is 63.4 Å². The molecule has 12 nitrogen and oxygen atoms in total. The molecule has 1 amide bonds. The van der Waals surface area contributed by atoms with Crippen LogP contribution in [-0.4, -0.2) is 88.3 Å². The Morgan fingerprint density at radius 2 is 1.92 bits per heavy atom. The number of hydrogen-bond acceptors (Lipinski definition) is 10. The molecular formula is C25H33N2O10P. The molecular weight excluding hydrogens is 519 g/mol. The average Bonchev–Trinajstić information content (AvgIpc) is 3.40. The van der Waals surface area contributed by atoms with E-state index in [1.807, 2.05) is 18.2 Å². The van der Waals surface area contributed by atoms with E-state index < -0.39 is 62.9 Å². The molecule has 0 saturated carbocycles. The summed E-state index contributed by atoms with van der Waals surface area (Å²) in [5.74, 6) is -0.942. The number of ether oxygens (including phenoxy) is 2. The van der Waals surface area contributed by atoms with E-state index in [0.29, 0.717) is 18.2 Å². The number of nitrogens with one attached hydrogen (secondary N) is 1. The minimum atomic E-state index is -4.48. The van der Waals surface area contributed by atoms with Crippen molar-refractivity contribution >= 4 is 30.4 Å². The molecule has 208 valence electrons. The molecule has 38 heavy (non-hydrogen) atoms. The van der Waals surface area contributed by atoms with Crippen molar-refractivity contribution in [2.24, 2.45) is 0 Å². The lowest BCUT2D eigenvalue weighted by Crippen LogP contribution is -2.64. The van der Waals surface area contributed by atoms with Gasteiger partial charge in [0.05, 0.1) is 13.2 Å². The Hall–Kier alpha value is -2.57. The fraction of sp³-hybridized carbons (Fsp3) is 0.520. The van der Waals surface area contributed by atoms with Crippen molar-refractivity contribution < 1.29 is 48.0 Å². The number of rotatable bonds is 9. The lowest BCUT2D eigenvalue weighted by atomic mass is 9.97. The molecule has 2 saturated heterocycles. The first-order valence-electron chi connectivity index (χ1n) is 12.5. The maximum Gasteiger partial charge on any atom is 0.462 e. The molecule has 4 N–H and O–H groups in total. The lowest BCUT2D eigenvalue weighted by molar-refractivity contribution is -0.250. The van der Waals surface area contributed by atoms with Crippen molar-refractivity contribution in [1.82, 2.24) is 9.99 Å². The largest absolute Gasteiger partial charge is 0.465 e. The summed E-state index contributed by atoms with van der Waals surface area (Å²) >= 11 is 0. The highest BCUT2D eigenvalue weighted by atomic mass is 31.2. The van der Waals surface area contributed by atoms with Crippen molar-refractivity contribution in [3.63, 3.8) is 0 Å². The Labute approximate surface area is 220 Å². The summed E-state index contributed by atoms with van der Waals surface area (Å²) in [6.07, 6.45) is -5.31. The van der Waals surface area contributed by atoms with Gasteiger partial charge in [0.25, 0.3) is 0 Å². The van der Waals surface area contributed by atoms with E-state index >= 15 is 0 Å². The number of esters is 1. The van der Waals surface area contributed by atoms with E-state index in [-0.39, 0.29) is 18.9 Å². The van der Waals surface area contributed by atoms with Gasteiger partial charge in [0.2, 0.25) is 5.91 Å². The number of aliphatic hydroxyl groups excluding tert-OH is 3. The predicted molar refractivity (Wildman–Crippen MR) is 135 cm³/mol. The second-order valence-corrected chi connectivity index (χ2v) is 11.0. The number of hydrogen-bond donors (Lipinski definition) is 4. The second-order valence-electron chi connectivity index (χ2n) is 9.14. The Morgan fingerprint density at radius 3 is 2.63 bits per heavy atom. The van der Waals surface area contributed by atoms with Gasteiger partial charge in [-0.3, -0.25) is 14.1 Å². The third kappa shape index (κ3) is 5.86. The van der Waals surface area contributed by atoms with Crippen molar-refractivity contribution in [3.05, 3.63) is 42.5 Å². The van der Waals surface area contributed by atoms with Gasteiger partial charge in [0, 0.05) is 18.9 Å². The summed E-state index contributed by atoms with van der Waals surface area (Å²) in [5, 5.41) is 35.1. The van der Waals surface area contributed by atoms with E-state index in [1.54, 1.807) is 31.2 Å². The van der Waals surface area contributed by atoms with E-state index in [0.717, 1.165) is 5.39 Å². The summed E-state index contributed by atoms with van der Waals surface area (Å²) in [5.41, 5.74) is 0. The van der Waals surface area contributed by atoms with E-state index in [9.17, 15) is 29.5 Å². The van der Waals surface area contributed by atoms with Crippen LogP contribution in [0.15, 0.2) is 42.5 Å². The zero-order chi connectivity index (χ0) is 27.4. The molecule has 0 aromatic heterocycles. The van der Waals surface area contributed by atoms with Gasteiger partial charge in [-0.15, -0.1) is 0 Å². The molecule has 7 atom stereocenters. The average molecular weight is 553 g/mol. The third-order valence-electron chi connectivity index (χ3n) is 6.56. The van der Waals surface area contributed by atoms with E-state index in [4.69, 9.17) is 18.5 Å². The van der Waals surface area contributed by atoms with E-state index in [1.165, 1.54) is 11.6 Å². The van der Waals surface area contributed by atoms with Crippen LogP contribution < -0.4 is 9.84 Å². The maximum atomic E-state index is 14.7. The fourth-order valence-electron chi connectivity index (χ4n) is 4.81. The minimum absolute atomic E-state index is 0.122. The van der Waals surface area contributed by atoms with Gasteiger partial charge in [-0.1, -0.05) is 36.4 Å². The summed E-state index contributed by atoms with van der Waals surface area (Å²) < 4.78 is 38.7. The molecule has 2 aliphatic rings. The number of carbonyl (C=O) groups excluding carboxylic acids is 2. The molecule has 0 aliphatic carbocycles. The number of fused-ring (bicyclic) bond motifs is 1. The van der Waals surface area contributed by atoms with Gasteiger partial charge >= 0.3 is 13.7 Å². The first-order valence-corrected chi connectivity index (χ1v) is 14.0. The maximum absolute atomic E-state index is 14.7. The van der Waals surface area contributed by atoms with Crippen LogP contribution in [0.4, 0.5) is 0 Å². The van der Waals surface area contributed by atoms with Crippen LogP contribution in [0.25, 0.3) is 10.8 Å². The number of nitrogens with zero attached hydrogens (tertiary/aromatic N) is 1. The summed E-state index contributed by atoms with van der Waals surface area (Å²) in [4.78, 5) is 24.5. The Morgan fingerprint density at radius 1 is 1.18 bits per heavy atom. The quantitative estimate of drug-likeness (QED) is 0.262. The van der Waals surface area contributed by atoms with Crippen LogP contribution in [0.1, 0.15) is 26.7 Å². The number of aliphatic hydroxyl groups is 3. The van der Waals surface area contributed by atoms with E-state index in [2.05, 4.69) is 5.32 Å². The molecule has 2 unspecified atom stereocenters. The Kier molecular flexibility index (Phi) is 9.04. The molecule has 4 rings (SSSR count). The zero-order valence-electron chi connectivity index (χ0n) is 21.1. The highest BCUT2D eigenvalue weighted by Gasteiger charge is 2.53. The fourth-order valence-corrected chi connectivity index (χ4v) is 7.00. The highest BCUT2D eigenvalue weighted by Crippen LogP contribution is 2.58. The first kappa shape index (κ1) is 28.4. The topological polar surface area (TPSA) is 164 Å². The van der Waals surface area contributed by atoms with Gasteiger partial charge in [-0.05, 0) is 31.2 Å².